The van der Waals surface area contributed by atoms with Gasteiger partial charge in [0.2, 0.25) is 5.91 Å². The van der Waals surface area contributed by atoms with Gasteiger partial charge in [-0.3, -0.25) is 4.79 Å². The van der Waals surface area contributed by atoms with E-state index >= 15 is 0 Å². The van der Waals surface area contributed by atoms with Gasteiger partial charge in [0, 0.05) is 24.0 Å². The van der Waals surface area contributed by atoms with Crippen molar-refractivity contribution in [3.8, 4) is 12.3 Å². The second kappa shape index (κ2) is 16.2. The normalized spacial score (nSPS) is 21.9. The highest BCUT2D eigenvalue weighted by molar-refractivity contribution is 8.00. The van der Waals surface area contributed by atoms with Crippen molar-refractivity contribution in [3.05, 3.63) is 0 Å². The highest BCUT2D eigenvalue weighted by Crippen LogP contribution is 2.33. The first-order chi connectivity index (χ1) is 15.2. The number of hydrogen-bond acceptors (Lipinski definition) is 7. The van der Waals surface area contributed by atoms with Crippen molar-refractivity contribution in [2.24, 2.45) is 0 Å². The van der Waals surface area contributed by atoms with Crippen LogP contribution in [-0.2, 0) is 23.7 Å². The minimum absolute atomic E-state index is 0.0519. The van der Waals surface area contributed by atoms with Gasteiger partial charge in [-0.25, -0.2) is 4.79 Å². The summed E-state index contributed by atoms with van der Waals surface area (Å²) in [4.78, 5) is 23.3. The zero-order valence-corrected chi connectivity index (χ0v) is 18.9. The number of carbonyl (C=O) groups excluding carboxylic acids is 2. The van der Waals surface area contributed by atoms with Crippen LogP contribution in [0.5, 0.6) is 0 Å². The fourth-order valence-corrected chi connectivity index (χ4v) is 4.96. The van der Waals surface area contributed by atoms with E-state index in [1.165, 1.54) is 0 Å². The molecule has 2 aliphatic heterocycles. The van der Waals surface area contributed by atoms with Gasteiger partial charge in [-0.1, -0.05) is 12.3 Å². The lowest BCUT2D eigenvalue weighted by atomic mass is 10.0. The molecule has 2 heterocycles. The third kappa shape index (κ3) is 11.1. The number of terminal acetylenes is 1. The van der Waals surface area contributed by atoms with Crippen LogP contribution in [0, 0.1) is 12.3 Å². The lowest BCUT2D eigenvalue weighted by Crippen LogP contribution is -2.36. The van der Waals surface area contributed by atoms with E-state index in [0.29, 0.717) is 71.1 Å². The molecule has 3 N–H and O–H groups in total. The minimum atomic E-state index is -0.0548. The zero-order valence-electron chi connectivity index (χ0n) is 18.1. The van der Waals surface area contributed by atoms with E-state index < -0.39 is 0 Å². The molecule has 2 fully saturated rings. The molecular formula is C21H35N3O6S. The molecule has 0 aliphatic carbocycles. The Morgan fingerprint density at radius 3 is 2.42 bits per heavy atom. The van der Waals surface area contributed by atoms with Gasteiger partial charge in [-0.15, -0.1) is 6.42 Å². The predicted octanol–water partition coefficient (Wildman–Crippen LogP) is 0.528. The molecule has 3 amide bonds. The number of amides is 3. The highest BCUT2D eigenvalue weighted by atomic mass is 32.2. The molecule has 176 valence electrons. The summed E-state index contributed by atoms with van der Waals surface area (Å²) in [5.74, 6) is 3.41. The van der Waals surface area contributed by atoms with Crippen molar-refractivity contribution in [1.82, 2.24) is 16.0 Å². The van der Waals surface area contributed by atoms with Gasteiger partial charge in [0.25, 0.3) is 0 Å². The van der Waals surface area contributed by atoms with Crippen LogP contribution < -0.4 is 16.0 Å². The molecule has 10 heteroatoms. The van der Waals surface area contributed by atoms with Gasteiger partial charge in [-0.2, -0.15) is 11.8 Å². The summed E-state index contributed by atoms with van der Waals surface area (Å²) in [6.07, 6.45) is 8.45. The lowest BCUT2D eigenvalue weighted by Gasteiger charge is -2.16. The number of thioether (sulfide) groups is 1. The Morgan fingerprint density at radius 1 is 1.03 bits per heavy atom. The molecular weight excluding hydrogens is 422 g/mol. The maximum absolute atomic E-state index is 11.9. The molecule has 31 heavy (non-hydrogen) atoms. The molecule has 1 unspecified atom stereocenters. The Labute approximate surface area is 189 Å². The van der Waals surface area contributed by atoms with E-state index in [2.05, 4.69) is 21.9 Å². The molecule has 0 aromatic carbocycles. The Hall–Kier alpha value is -1.51. The number of rotatable bonds is 18. The highest BCUT2D eigenvalue weighted by Gasteiger charge is 2.42. The maximum Gasteiger partial charge on any atom is 0.315 e. The first-order valence-electron chi connectivity index (χ1n) is 10.9. The van der Waals surface area contributed by atoms with Crippen molar-refractivity contribution in [3.63, 3.8) is 0 Å². The van der Waals surface area contributed by atoms with Crippen LogP contribution in [0.1, 0.15) is 25.7 Å². The van der Waals surface area contributed by atoms with Crippen molar-refractivity contribution >= 4 is 23.7 Å². The van der Waals surface area contributed by atoms with Crippen LogP contribution in [0.15, 0.2) is 0 Å². The fraction of sp³-hybridized carbons (Fsp3) is 0.810. The topological polar surface area (TPSA) is 107 Å². The largest absolute Gasteiger partial charge is 0.377 e. The van der Waals surface area contributed by atoms with E-state index in [1.807, 2.05) is 11.8 Å². The molecule has 0 aromatic rings. The maximum atomic E-state index is 11.9. The zero-order chi connectivity index (χ0) is 22.2. The van der Waals surface area contributed by atoms with Gasteiger partial charge >= 0.3 is 6.03 Å². The third-order valence-corrected chi connectivity index (χ3v) is 6.46. The van der Waals surface area contributed by atoms with Crippen LogP contribution in [0.4, 0.5) is 4.79 Å². The second-order valence-corrected chi connectivity index (χ2v) is 8.58. The van der Waals surface area contributed by atoms with Crippen molar-refractivity contribution in [2.45, 2.75) is 43.0 Å². The standard InChI is InChI=1S/C21H35N3O6S/c1-2-8-27-10-12-29-14-15-30-13-11-28-9-7-22-19(25)6-4-3-5-18-20-17(16-31-18)23-21(26)24-20/h1,17-18,20H,3-16H2,(H,22,25)(H2,23,24,26)/t17-,18?,20+/m1/s1. The molecule has 9 nitrogen and oxygen atoms in total. The molecule has 2 saturated heterocycles. The average molecular weight is 458 g/mol. The monoisotopic (exact) mass is 457 g/mol. The Morgan fingerprint density at radius 2 is 1.71 bits per heavy atom. The first-order valence-corrected chi connectivity index (χ1v) is 12.0. The quantitative estimate of drug-likeness (QED) is 0.157. The molecule has 2 rings (SSSR count). The summed E-state index contributed by atoms with van der Waals surface area (Å²) in [6.45, 7) is 4.22. The van der Waals surface area contributed by atoms with Crippen LogP contribution >= 0.6 is 11.8 Å². The molecule has 2 aliphatic rings. The number of unbranched alkanes of at least 4 members (excludes halogenated alkanes) is 1. The summed E-state index contributed by atoms with van der Waals surface area (Å²) in [6, 6.07) is 0.439. The summed E-state index contributed by atoms with van der Waals surface area (Å²) < 4.78 is 21.2. The van der Waals surface area contributed by atoms with Crippen LogP contribution in [0.3, 0.4) is 0 Å². The van der Waals surface area contributed by atoms with E-state index in [-0.39, 0.29) is 24.0 Å². The summed E-state index contributed by atoms with van der Waals surface area (Å²) in [7, 11) is 0. The SMILES string of the molecule is C#CCOCCOCCOCCOCCNC(=O)CCCCC1SC[C@H]2NC(=O)N[C@H]12. The Balaban J connectivity index is 1.30. The smallest absolute Gasteiger partial charge is 0.315 e. The van der Waals surface area contributed by atoms with Crippen molar-refractivity contribution in [1.29, 1.82) is 0 Å². The van der Waals surface area contributed by atoms with E-state index in [1.54, 1.807) is 0 Å². The molecule has 0 bridgehead atoms. The van der Waals surface area contributed by atoms with E-state index in [0.717, 1.165) is 25.0 Å². The summed E-state index contributed by atoms with van der Waals surface area (Å²) >= 11 is 1.90. The van der Waals surface area contributed by atoms with Crippen LogP contribution in [-0.4, -0.2) is 94.4 Å². The number of carbonyl (C=O) groups is 2. The number of hydrogen-bond donors (Lipinski definition) is 3. The number of fused-ring (bicyclic) bond motifs is 1. The third-order valence-electron chi connectivity index (χ3n) is 4.95. The molecule has 3 atom stereocenters. The molecule has 0 spiro atoms. The lowest BCUT2D eigenvalue weighted by molar-refractivity contribution is -0.121. The number of urea groups is 1. The number of ether oxygens (including phenoxy) is 4. The summed E-state index contributed by atoms with van der Waals surface area (Å²) in [5.41, 5.74) is 0. The predicted molar refractivity (Wildman–Crippen MR) is 119 cm³/mol. The molecule has 0 aromatic heterocycles. The average Bonchev–Trinajstić information content (AvgIpc) is 3.30. The van der Waals surface area contributed by atoms with Crippen molar-refractivity contribution < 1.29 is 28.5 Å². The van der Waals surface area contributed by atoms with E-state index in [4.69, 9.17) is 25.4 Å². The van der Waals surface area contributed by atoms with Gasteiger partial charge < -0.3 is 34.9 Å². The fourth-order valence-electron chi connectivity index (χ4n) is 3.42. The van der Waals surface area contributed by atoms with E-state index in [9.17, 15) is 9.59 Å². The van der Waals surface area contributed by atoms with Gasteiger partial charge in [0.05, 0.1) is 58.3 Å². The van der Waals surface area contributed by atoms with Gasteiger partial charge in [0.1, 0.15) is 6.61 Å². The van der Waals surface area contributed by atoms with Crippen LogP contribution in [0.25, 0.3) is 0 Å². The van der Waals surface area contributed by atoms with Crippen molar-refractivity contribution in [2.75, 3.05) is 65.2 Å². The molecule has 0 radical (unpaired) electrons. The van der Waals surface area contributed by atoms with Gasteiger partial charge in [-0.05, 0) is 12.8 Å². The summed E-state index contributed by atoms with van der Waals surface area (Å²) in [5, 5.41) is 9.26. The second-order valence-electron chi connectivity index (χ2n) is 7.31. The number of nitrogens with one attached hydrogen (secondary N) is 3. The van der Waals surface area contributed by atoms with Gasteiger partial charge in [0.15, 0.2) is 0 Å². The molecule has 0 saturated carbocycles. The Kier molecular flexibility index (Phi) is 13.4. The first kappa shape index (κ1) is 25.7. The van der Waals surface area contributed by atoms with Crippen LogP contribution in [0.2, 0.25) is 0 Å². The Bertz CT molecular complexity index is 574. The minimum Gasteiger partial charge on any atom is -0.377 e.